The molecule has 0 spiro atoms. The minimum Gasteiger partial charge on any atom is -0.468 e. The molecule has 1 aromatic rings. The molecule has 0 unspecified atom stereocenters. The molecule has 3 heteroatoms. The predicted octanol–water partition coefficient (Wildman–Crippen LogP) is 3.01. The molecule has 1 aromatic heterocycles. The van der Waals surface area contributed by atoms with Crippen LogP contribution in [-0.2, 0) is 13.1 Å². The number of rotatable bonds is 6. The maximum Gasteiger partial charge on any atom is 0.118 e. The summed E-state index contributed by atoms with van der Waals surface area (Å²) in [6.07, 6.45) is 3.03. The van der Waals surface area contributed by atoms with Crippen molar-refractivity contribution in [3.63, 3.8) is 0 Å². The maximum absolute atomic E-state index is 5.57. The Hall–Kier alpha value is -0.800. The highest BCUT2D eigenvalue weighted by molar-refractivity contribution is 5.12. The Balaban J connectivity index is 2.42. The molecular formula is C14H26N2O. The Labute approximate surface area is 105 Å². The zero-order valence-electron chi connectivity index (χ0n) is 11.8. The van der Waals surface area contributed by atoms with Gasteiger partial charge >= 0.3 is 0 Å². The highest BCUT2D eigenvalue weighted by atomic mass is 16.3. The SMILES string of the molecule is CCCN(C)Cc1cc(CNC(C)(C)C)co1. The first-order valence-corrected chi connectivity index (χ1v) is 6.40. The molecule has 17 heavy (non-hydrogen) atoms. The van der Waals surface area contributed by atoms with Crippen LogP contribution in [0, 0.1) is 0 Å². The molecule has 0 atom stereocenters. The van der Waals surface area contributed by atoms with Crippen molar-refractivity contribution in [3.05, 3.63) is 23.7 Å². The highest BCUT2D eigenvalue weighted by Crippen LogP contribution is 2.11. The van der Waals surface area contributed by atoms with Gasteiger partial charge < -0.3 is 9.73 Å². The predicted molar refractivity (Wildman–Crippen MR) is 71.9 cm³/mol. The van der Waals surface area contributed by atoms with Crippen LogP contribution < -0.4 is 5.32 Å². The van der Waals surface area contributed by atoms with Crippen molar-refractivity contribution in [1.29, 1.82) is 0 Å². The molecule has 0 bridgehead atoms. The van der Waals surface area contributed by atoms with Crippen LogP contribution in [0.4, 0.5) is 0 Å². The summed E-state index contributed by atoms with van der Waals surface area (Å²) < 4.78 is 5.57. The van der Waals surface area contributed by atoms with Gasteiger partial charge in [-0.3, -0.25) is 4.90 Å². The van der Waals surface area contributed by atoms with E-state index in [1.165, 1.54) is 12.0 Å². The third-order valence-electron chi connectivity index (χ3n) is 2.56. The Kier molecular flexibility index (Phi) is 5.22. The highest BCUT2D eigenvalue weighted by Gasteiger charge is 2.10. The Morgan fingerprint density at radius 3 is 2.65 bits per heavy atom. The fraction of sp³-hybridized carbons (Fsp3) is 0.714. The smallest absolute Gasteiger partial charge is 0.118 e. The Bertz CT molecular complexity index is 325. The number of nitrogens with one attached hydrogen (secondary N) is 1. The van der Waals surface area contributed by atoms with Gasteiger partial charge in [0, 0.05) is 17.6 Å². The van der Waals surface area contributed by atoms with Crippen LogP contribution >= 0.6 is 0 Å². The lowest BCUT2D eigenvalue weighted by Gasteiger charge is -2.19. The van der Waals surface area contributed by atoms with Gasteiger partial charge in [0.15, 0.2) is 0 Å². The Morgan fingerprint density at radius 1 is 1.35 bits per heavy atom. The first kappa shape index (κ1) is 14.3. The zero-order valence-corrected chi connectivity index (χ0v) is 11.8. The molecule has 0 aliphatic carbocycles. The van der Waals surface area contributed by atoms with Crippen molar-refractivity contribution < 1.29 is 4.42 Å². The van der Waals surface area contributed by atoms with E-state index in [-0.39, 0.29) is 5.54 Å². The molecule has 98 valence electrons. The zero-order chi connectivity index (χ0) is 12.9. The topological polar surface area (TPSA) is 28.4 Å². The van der Waals surface area contributed by atoms with E-state index in [4.69, 9.17) is 4.42 Å². The van der Waals surface area contributed by atoms with Crippen molar-refractivity contribution in [2.75, 3.05) is 13.6 Å². The van der Waals surface area contributed by atoms with Gasteiger partial charge in [0.1, 0.15) is 5.76 Å². The van der Waals surface area contributed by atoms with E-state index in [0.29, 0.717) is 0 Å². The van der Waals surface area contributed by atoms with Crippen LogP contribution in [0.3, 0.4) is 0 Å². The van der Waals surface area contributed by atoms with Gasteiger partial charge in [-0.25, -0.2) is 0 Å². The minimum absolute atomic E-state index is 0.149. The van der Waals surface area contributed by atoms with Crippen LogP contribution in [0.2, 0.25) is 0 Å². The molecule has 0 aromatic carbocycles. The number of hydrogen-bond donors (Lipinski definition) is 1. The van der Waals surface area contributed by atoms with Crippen molar-refractivity contribution in [1.82, 2.24) is 10.2 Å². The number of hydrogen-bond acceptors (Lipinski definition) is 3. The average Bonchev–Trinajstić information content (AvgIpc) is 2.62. The largest absolute Gasteiger partial charge is 0.468 e. The van der Waals surface area contributed by atoms with Crippen LogP contribution in [0.5, 0.6) is 0 Å². The van der Waals surface area contributed by atoms with E-state index in [2.05, 4.69) is 51.0 Å². The lowest BCUT2D eigenvalue weighted by molar-refractivity contribution is 0.295. The molecule has 3 nitrogen and oxygen atoms in total. The summed E-state index contributed by atoms with van der Waals surface area (Å²) in [4.78, 5) is 2.28. The third kappa shape index (κ3) is 5.89. The van der Waals surface area contributed by atoms with E-state index >= 15 is 0 Å². The molecule has 0 aliphatic heterocycles. The van der Waals surface area contributed by atoms with Gasteiger partial charge in [0.05, 0.1) is 12.8 Å². The molecular weight excluding hydrogens is 212 g/mol. The van der Waals surface area contributed by atoms with E-state index in [1.807, 2.05) is 6.26 Å². The molecule has 1 heterocycles. The quantitative estimate of drug-likeness (QED) is 0.826. The third-order valence-corrected chi connectivity index (χ3v) is 2.56. The number of nitrogens with zero attached hydrogens (tertiary/aromatic N) is 1. The molecule has 0 amide bonds. The molecule has 0 fully saturated rings. The lowest BCUT2D eigenvalue weighted by atomic mass is 10.1. The van der Waals surface area contributed by atoms with Crippen LogP contribution in [0.1, 0.15) is 45.4 Å². The number of furan rings is 1. The summed E-state index contributed by atoms with van der Waals surface area (Å²) in [6, 6.07) is 2.14. The van der Waals surface area contributed by atoms with Crippen molar-refractivity contribution in [3.8, 4) is 0 Å². The van der Waals surface area contributed by atoms with E-state index < -0.39 is 0 Å². The molecule has 0 radical (unpaired) electrons. The van der Waals surface area contributed by atoms with E-state index in [0.717, 1.165) is 25.4 Å². The second kappa shape index (κ2) is 6.22. The summed E-state index contributed by atoms with van der Waals surface area (Å²) in [5.74, 6) is 1.05. The van der Waals surface area contributed by atoms with Gasteiger partial charge in [0.2, 0.25) is 0 Å². The Morgan fingerprint density at radius 2 is 2.06 bits per heavy atom. The van der Waals surface area contributed by atoms with Gasteiger partial charge in [-0.1, -0.05) is 6.92 Å². The lowest BCUT2D eigenvalue weighted by Crippen LogP contribution is -2.34. The van der Waals surface area contributed by atoms with Crippen LogP contribution in [-0.4, -0.2) is 24.0 Å². The second-order valence-corrected chi connectivity index (χ2v) is 5.76. The fourth-order valence-corrected chi connectivity index (χ4v) is 1.70. The van der Waals surface area contributed by atoms with Gasteiger partial charge in [0.25, 0.3) is 0 Å². The summed E-state index contributed by atoms with van der Waals surface area (Å²) in [7, 11) is 2.12. The van der Waals surface area contributed by atoms with Gasteiger partial charge in [-0.15, -0.1) is 0 Å². The van der Waals surface area contributed by atoms with Gasteiger partial charge in [-0.2, -0.15) is 0 Å². The summed E-state index contributed by atoms with van der Waals surface area (Å²) in [6.45, 7) is 11.6. The second-order valence-electron chi connectivity index (χ2n) is 5.76. The minimum atomic E-state index is 0.149. The van der Waals surface area contributed by atoms with E-state index in [9.17, 15) is 0 Å². The van der Waals surface area contributed by atoms with Crippen LogP contribution in [0.15, 0.2) is 16.7 Å². The molecule has 0 aliphatic rings. The summed E-state index contributed by atoms with van der Waals surface area (Å²) in [5.41, 5.74) is 1.37. The first-order chi connectivity index (χ1) is 7.90. The first-order valence-electron chi connectivity index (χ1n) is 6.40. The van der Waals surface area contributed by atoms with Crippen molar-refractivity contribution in [2.24, 2.45) is 0 Å². The maximum atomic E-state index is 5.57. The summed E-state index contributed by atoms with van der Waals surface area (Å²) >= 11 is 0. The molecule has 0 saturated carbocycles. The van der Waals surface area contributed by atoms with Crippen molar-refractivity contribution in [2.45, 2.75) is 52.7 Å². The van der Waals surface area contributed by atoms with Crippen LogP contribution in [0.25, 0.3) is 0 Å². The monoisotopic (exact) mass is 238 g/mol. The summed E-state index contributed by atoms with van der Waals surface area (Å²) in [5, 5.41) is 3.46. The molecule has 0 saturated heterocycles. The molecule has 1 rings (SSSR count). The molecule has 1 N–H and O–H groups in total. The van der Waals surface area contributed by atoms with Crippen molar-refractivity contribution >= 4 is 0 Å². The fourth-order valence-electron chi connectivity index (χ4n) is 1.70. The van der Waals surface area contributed by atoms with Gasteiger partial charge in [-0.05, 0) is 46.9 Å². The standard InChI is InChI=1S/C14H26N2O/c1-6-7-16(5)10-13-8-12(11-17-13)9-15-14(2,3)4/h8,11,15H,6-7,9-10H2,1-5H3. The normalized spacial score (nSPS) is 12.4. The average molecular weight is 238 g/mol. The van der Waals surface area contributed by atoms with E-state index in [1.54, 1.807) is 0 Å².